The van der Waals surface area contributed by atoms with E-state index in [1.165, 1.54) is 12.3 Å². The second-order valence-electron chi connectivity index (χ2n) is 7.55. The molecule has 0 bridgehead atoms. The molecule has 0 radical (unpaired) electrons. The highest BCUT2D eigenvalue weighted by molar-refractivity contribution is 7.92. The molecule has 3 rings (SSSR count). The third-order valence-corrected chi connectivity index (χ3v) is 6.26. The summed E-state index contributed by atoms with van der Waals surface area (Å²) in [6.45, 7) is 3.45. The lowest BCUT2D eigenvalue weighted by molar-refractivity contribution is -0.192. The summed E-state index contributed by atoms with van der Waals surface area (Å²) < 4.78 is 85.0. The van der Waals surface area contributed by atoms with Gasteiger partial charge in [-0.15, -0.1) is 0 Å². The summed E-state index contributed by atoms with van der Waals surface area (Å²) in [5.74, 6) is -5.65. The van der Waals surface area contributed by atoms with Crippen LogP contribution in [-0.4, -0.2) is 54.8 Å². The van der Waals surface area contributed by atoms with Gasteiger partial charge in [0.1, 0.15) is 11.4 Å². The van der Waals surface area contributed by atoms with Crippen LogP contribution in [0.2, 0.25) is 0 Å². The minimum atomic E-state index is -5.08. The van der Waals surface area contributed by atoms with Crippen LogP contribution in [0.3, 0.4) is 0 Å². The molecule has 1 saturated heterocycles. The van der Waals surface area contributed by atoms with Gasteiger partial charge < -0.3 is 15.1 Å². The van der Waals surface area contributed by atoms with Gasteiger partial charge in [-0.25, -0.2) is 31.8 Å². The van der Waals surface area contributed by atoms with Gasteiger partial charge in [-0.3, -0.25) is 4.72 Å². The number of nitrogens with zero attached hydrogens (tertiary/aromatic N) is 2. The van der Waals surface area contributed by atoms with E-state index in [-0.39, 0.29) is 17.1 Å². The van der Waals surface area contributed by atoms with Crippen LogP contribution in [-0.2, 0) is 14.8 Å². The fraction of sp³-hybridized carbons (Fsp3) is 0.350. The summed E-state index contributed by atoms with van der Waals surface area (Å²) in [4.78, 5) is 26.1. The molecular weight excluding hydrogens is 505 g/mol. The fourth-order valence-corrected chi connectivity index (χ4v) is 4.05. The van der Waals surface area contributed by atoms with E-state index in [2.05, 4.69) is 16.6 Å². The maximum absolute atomic E-state index is 13.3. The van der Waals surface area contributed by atoms with Crippen LogP contribution < -0.4 is 9.62 Å². The topological polar surface area (TPSA) is 137 Å². The van der Waals surface area contributed by atoms with Gasteiger partial charge in [0, 0.05) is 13.1 Å². The summed E-state index contributed by atoms with van der Waals surface area (Å²) in [7, 11) is -4.24. The van der Waals surface area contributed by atoms with Gasteiger partial charge >= 0.3 is 18.1 Å². The van der Waals surface area contributed by atoms with Crippen molar-refractivity contribution >= 4 is 33.5 Å². The first-order valence-corrected chi connectivity index (χ1v) is 11.4. The Bertz CT molecular complexity index is 1200. The Labute approximate surface area is 196 Å². The summed E-state index contributed by atoms with van der Waals surface area (Å²) >= 11 is 0. The highest BCUT2D eigenvalue weighted by Gasteiger charge is 2.38. The smallest absolute Gasteiger partial charge is 0.478 e. The number of carbonyl (C=O) groups is 2. The van der Waals surface area contributed by atoms with Crippen molar-refractivity contribution < 1.29 is 50.2 Å². The van der Waals surface area contributed by atoms with E-state index in [1.807, 2.05) is 4.90 Å². The lowest BCUT2D eigenvalue weighted by Gasteiger charge is -2.32. The van der Waals surface area contributed by atoms with Crippen molar-refractivity contribution in [1.82, 2.24) is 4.98 Å². The van der Waals surface area contributed by atoms with Crippen LogP contribution >= 0.6 is 0 Å². The molecule has 0 atom stereocenters. The van der Waals surface area contributed by atoms with Crippen LogP contribution in [0.1, 0.15) is 30.1 Å². The first kappa shape index (κ1) is 27.8. The van der Waals surface area contributed by atoms with E-state index in [1.54, 1.807) is 0 Å². The maximum Gasteiger partial charge on any atom is 0.490 e. The molecule has 1 aromatic carbocycles. The first-order valence-electron chi connectivity index (χ1n) is 9.88. The largest absolute Gasteiger partial charge is 0.490 e. The van der Waals surface area contributed by atoms with E-state index < -0.39 is 44.7 Å². The van der Waals surface area contributed by atoms with E-state index >= 15 is 0 Å². The summed E-state index contributed by atoms with van der Waals surface area (Å²) in [5.41, 5.74) is -0.226. The van der Waals surface area contributed by atoms with E-state index in [0.717, 1.165) is 18.9 Å². The molecular formula is C20H20F5N3O6S. The van der Waals surface area contributed by atoms with Gasteiger partial charge in [0.2, 0.25) is 0 Å². The number of halogens is 5. The third-order valence-electron chi connectivity index (χ3n) is 4.88. The Morgan fingerprint density at radius 3 is 2.14 bits per heavy atom. The predicted molar refractivity (Wildman–Crippen MR) is 113 cm³/mol. The standard InChI is InChI=1S/C18H19F2N3O4S.C2HF3O2/c1-11-4-6-23(7-5-11)17-14(18(24)25)8-12(10-21-17)22-28(26,27)13-2-3-15(19)16(20)9-13;3-2(4,5)1(6)7/h2-3,8-11,22H,4-7H2,1H3,(H,24,25);(H,6,7). The van der Waals surface area contributed by atoms with Crippen LogP contribution in [0.5, 0.6) is 0 Å². The molecule has 0 amide bonds. The highest BCUT2D eigenvalue weighted by Crippen LogP contribution is 2.27. The third kappa shape index (κ3) is 7.50. The van der Waals surface area contributed by atoms with Crippen LogP contribution in [0.4, 0.5) is 33.5 Å². The Morgan fingerprint density at radius 2 is 1.66 bits per heavy atom. The molecule has 1 aromatic heterocycles. The number of alkyl halides is 3. The number of carboxylic acids is 2. The molecule has 0 unspecified atom stereocenters. The molecule has 3 N–H and O–H groups in total. The molecule has 2 aromatic rings. The van der Waals surface area contributed by atoms with Crippen molar-refractivity contribution in [3.8, 4) is 0 Å². The van der Waals surface area contributed by atoms with Gasteiger partial charge in [-0.05, 0) is 43.0 Å². The zero-order valence-corrected chi connectivity index (χ0v) is 18.8. The molecule has 192 valence electrons. The van der Waals surface area contributed by atoms with Gasteiger partial charge in [0.15, 0.2) is 11.6 Å². The monoisotopic (exact) mass is 525 g/mol. The quantitative estimate of drug-likeness (QED) is 0.503. The number of anilines is 2. The maximum atomic E-state index is 13.3. The molecule has 35 heavy (non-hydrogen) atoms. The van der Waals surface area contributed by atoms with Gasteiger partial charge in [0.25, 0.3) is 10.0 Å². The molecule has 1 fully saturated rings. The van der Waals surface area contributed by atoms with Crippen molar-refractivity contribution in [2.24, 2.45) is 5.92 Å². The van der Waals surface area contributed by atoms with Crippen molar-refractivity contribution in [3.63, 3.8) is 0 Å². The van der Waals surface area contributed by atoms with Gasteiger partial charge in [0.05, 0.1) is 16.8 Å². The summed E-state index contributed by atoms with van der Waals surface area (Å²) in [5, 5.41) is 16.6. The Kier molecular flexibility index (Phi) is 8.59. The number of aromatic carboxylic acids is 1. The van der Waals surface area contributed by atoms with Crippen molar-refractivity contribution in [2.75, 3.05) is 22.7 Å². The van der Waals surface area contributed by atoms with Crippen LogP contribution in [0, 0.1) is 17.6 Å². The van der Waals surface area contributed by atoms with Gasteiger partial charge in [-0.1, -0.05) is 6.92 Å². The molecule has 15 heteroatoms. The fourth-order valence-electron chi connectivity index (χ4n) is 3.00. The molecule has 0 spiro atoms. The second-order valence-corrected chi connectivity index (χ2v) is 9.24. The number of rotatable bonds is 5. The van der Waals surface area contributed by atoms with Crippen LogP contribution in [0.25, 0.3) is 0 Å². The number of hydrogen-bond acceptors (Lipinski definition) is 6. The minimum absolute atomic E-state index is 0.0868. The predicted octanol–water partition coefficient (Wildman–Crippen LogP) is 3.73. The zero-order chi connectivity index (χ0) is 26.6. The SMILES string of the molecule is CC1CCN(c2ncc(NS(=O)(=O)c3ccc(F)c(F)c3)cc2C(=O)O)CC1.O=C(O)C(F)(F)F. The lowest BCUT2D eigenvalue weighted by Crippen LogP contribution is -2.34. The van der Waals surface area contributed by atoms with Crippen LogP contribution in [0.15, 0.2) is 35.4 Å². The van der Waals surface area contributed by atoms with Gasteiger partial charge in [-0.2, -0.15) is 13.2 Å². The minimum Gasteiger partial charge on any atom is -0.478 e. The number of hydrogen-bond donors (Lipinski definition) is 3. The number of pyridine rings is 1. The number of piperidine rings is 1. The van der Waals surface area contributed by atoms with E-state index in [4.69, 9.17) is 9.90 Å². The molecule has 0 saturated carbocycles. The molecule has 1 aliphatic heterocycles. The Morgan fingerprint density at radius 1 is 1.09 bits per heavy atom. The number of sulfonamides is 1. The van der Waals surface area contributed by atoms with Crippen molar-refractivity contribution in [2.45, 2.75) is 30.8 Å². The van der Waals surface area contributed by atoms with Crippen molar-refractivity contribution in [3.05, 3.63) is 47.7 Å². The first-order chi connectivity index (χ1) is 16.1. The van der Waals surface area contributed by atoms with E-state index in [9.17, 15) is 40.3 Å². The molecule has 2 heterocycles. The number of aromatic nitrogens is 1. The lowest BCUT2D eigenvalue weighted by atomic mass is 9.99. The normalized spacial score (nSPS) is 14.6. The highest BCUT2D eigenvalue weighted by atomic mass is 32.2. The van der Waals surface area contributed by atoms with E-state index in [0.29, 0.717) is 31.1 Å². The molecule has 1 aliphatic rings. The Balaban J connectivity index is 0.000000540. The number of aliphatic carboxylic acids is 1. The number of nitrogens with one attached hydrogen (secondary N) is 1. The second kappa shape index (κ2) is 10.8. The van der Waals surface area contributed by atoms with Crippen molar-refractivity contribution in [1.29, 1.82) is 0 Å². The Hall–Kier alpha value is -3.49. The molecule has 9 nitrogen and oxygen atoms in total. The summed E-state index contributed by atoms with van der Waals surface area (Å²) in [6, 6.07) is 3.33. The summed E-state index contributed by atoms with van der Waals surface area (Å²) in [6.07, 6.45) is -2.06. The number of benzene rings is 1. The number of carboxylic acid groups (broad SMARTS) is 2. The zero-order valence-electron chi connectivity index (χ0n) is 18.0. The average molecular weight is 525 g/mol. The average Bonchev–Trinajstić information content (AvgIpc) is 2.75. The molecule has 0 aliphatic carbocycles.